The third kappa shape index (κ3) is 4.14. The third-order valence-corrected chi connectivity index (χ3v) is 6.59. The zero-order valence-electron chi connectivity index (χ0n) is 19.9. The first-order valence-corrected chi connectivity index (χ1v) is 11.2. The number of aromatic nitrogens is 3. The lowest BCUT2D eigenvalue weighted by atomic mass is 9.73. The zero-order valence-corrected chi connectivity index (χ0v) is 19.9. The molecule has 10 nitrogen and oxygen atoms in total. The van der Waals surface area contributed by atoms with Crippen LogP contribution in [0.25, 0.3) is 0 Å². The highest BCUT2D eigenvalue weighted by Gasteiger charge is 2.55. The molecule has 2 aliphatic heterocycles. The summed E-state index contributed by atoms with van der Waals surface area (Å²) < 4.78 is 11.5. The second kappa shape index (κ2) is 8.85. The molecule has 1 unspecified atom stereocenters. The molecular formula is C23H33N7O3. The van der Waals surface area contributed by atoms with Gasteiger partial charge in [-0.2, -0.15) is 4.98 Å². The molecular weight excluding hydrogens is 422 g/mol. The minimum atomic E-state index is -0.308. The van der Waals surface area contributed by atoms with Crippen LogP contribution in [0, 0.1) is 0 Å². The molecule has 4 rings (SSSR count). The monoisotopic (exact) mass is 455 g/mol. The molecule has 178 valence electrons. The van der Waals surface area contributed by atoms with Crippen LogP contribution in [-0.4, -0.2) is 66.0 Å². The van der Waals surface area contributed by atoms with Crippen LogP contribution >= 0.6 is 0 Å². The zero-order chi connectivity index (χ0) is 23.8. The minimum Gasteiger partial charge on any atom is -0.383 e. The Kier molecular flexibility index (Phi) is 6.26. The number of fused-ring (bicyclic) bond motifs is 3. The van der Waals surface area contributed by atoms with Gasteiger partial charge in [-0.05, 0) is 39.3 Å². The molecule has 0 spiro atoms. The third-order valence-electron chi connectivity index (χ3n) is 6.59. The molecule has 10 heteroatoms. The second-order valence-electron chi connectivity index (χ2n) is 9.54. The van der Waals surface area contributed by atoms with E-state index in [0.29, 0.717) is 30.8 Å². The van der Waals surface area contributed by atoms with E-state index in [4.69, 9.17) is 25.2 Å². The Morgan fingerprint density at radius 1 is 1.39 bits per heavy atom. The highest BCUT2D eigenvalue weighted by molar-refractivity contribution is 5.76. The molecule has 0 aliphatic carbocycles. The van der Waals surface area contributed by atoms with Crippen LogP contribution in [0.3, 0.4) is 0 Å². The van der Waals surface area contributed by atoms with Crippen molar-refractivity contribution < 1.29 is 14.3 Å². The van der Waals surface area contributed by atoms with Crippen LogP contribution in [0.1, 0.15) is 39.7 Å². The van der Waals surface area contributed by atoms with E-state index in [-0.39, 0.29) is 29.8 Å². The van der Waals surface area contributed by atoms with Gasteiger partial charge in [0.2, 0.25) is 12.4 Å². The lowest BCUT2D eigenvalue weighted by molar-refractivity contribution is -0.108. The van der Waals surface area contributed by atoms with Gasteiger partial charge < -0.3 is 25.4 Å². The van der Waals surface area contributed by atoms with Gasteiger partial charge in [-0.3, -0.25) is 9.69 Å². The number of pyridine rings is 1. The molecule has 0 bridgehead atoms. The number of ether oxygens (including phenoxy) is 2. The van der Waals surface area contributed by atoms with Crippen LogP contribution in [0.4, 0.5) is 23.4 Å². The maximum atomic E-state index is 11.9. The van der Waals surface area contributed by atoms with Gasteiger partial charge >= 0.3 is 0 Å². The largest absolute Gasteiger partial charge is 0.383 e. The topological polar surface area (TPSA) is 119 Å². The average Bonchev–Trinajstić information content (AvgIpc) is 3.02. The smallest absolute Gasteiger partial charge is 0.225 e. The molecule has 1 amide bonds. The summed E-state index contributed by atoms with van der Waals surface area (Å²) in [6.45, 7) is 9.50. The Balaban J connectivity index is 1.82. The summed E-state index contributed by atoms with van der Waals surface area (Å²) in [6.07, 6.45) is 3.43. The average molecular weight is 456 g/mol. The van der Waals surface area contributed by atoms with E-state index in [2.05, 4.69) is 36.0 Å². The molecule has 0 saturated carbocycles. The van der Waals surface area contributed by atoms with Crippen molar-refractivity contribution in [3.8, 4) is 0 Å². The summed E-state index contributed by atoms with van der Waals surface area (Å²) in [5, 5.41) is 3.00. The van der Waals surface area contributed by atoms with E-state index in [0.717, 1.165) is 24.2 Å². The first kappa shape index (κ1) is 23.3. The fourth-order valence-corrected chi connectivity index (χ4v) is 4.77. The molecule has 3 atom stereocenters. The summed E-state index contributed by atoms with van der Waals surface area (Å²) >= 11 is 0. The number of carbonyl (C=O) groups is 1. The van der Waals surface area contributed by atoms with Gasteiger partial charge in [0.25, 0.3) is 0 Å². The van der Waals surface area contributed by atoms with Crippen molar-refractivity contribution in [3.63, 3.8) is 0 Å². The molecule has 0 aromatic carbocycles. The second-order valence-corrected chi connectivity index (χ2v) is 9.54. The van der Waals surface area contributed by atoms with Gasteiger partial charge in [0.05, 0.1) is 37.6 Å². The summed E-state index contributed by atoms with van der Waals surface area (Å²) in [7, 11) is 1.62. The fraction of sp³-hybridized carbons (Fsp3) is 0.565. The van der Waals surface area contributed by atoms with Crippen molar-refractivity contribution in [2.24, 2.45) is 5.73 Å². The van der Waals surface area contributed by atoms with Crippen LogP contribution < -0.4 is 20.9 Å². The van der Waals surface area contributed by atoms with Crippen LogP contribution in [0.15, 0.2) is 24.4 Å². The highest BCUT2D eigenvalue weighted by Crippen LogP contribution is 2.52. The summed E-state index contributed by atoms with van der Waals surface area (Å²) in [4.78, 5) is 29.8. The summed E-state index contributed by atoms with van der Waals surface area (Å²) in [6, 6.07) is 5.59. The van der Waals surface area contributed by atoms with E-state index >= 15 is 0 Å². The minimum absolute atomic E-state index is 0.0579. The lowest BCUT2D eigenvalue weighted by Gasteiger charge is -2.46. The van der Waals surface area contributed by atoms with Gasteiger partial charge in [0.15, 0.2) is 0 Å². The number of carbonyl (C=O) groups excluding carboxylic acids is 1. The van der Waals surface area contributed by atoms with E-state index in [1.807, 2.05) is 31.3 Å². The van der Waals surface area contributed by atoms with Gasteiger partial charge in [0.1, 0.15) is 17.5 Å². The van der Waals surface area contributed by atoms with E-state index in [1.165, 1.54) is 0 Å². The van der Waals surface area contributed by atoms with Gasteiger partial charge in [-0.25, -0.2) is 9.97 Å². The number of rotatable bonds is 8. The molecule has 0 radical (unpaired) electrons. The Labute approximate surface area is 194 Å². The maximum Gasteiger partial charge on any atom is 0.225 e. The predicted octanol–water partition coefficient (Wildman–Crippen LogP) is 2.17. The van der Waals surface area contributed by atoms with Crippen molar-refractivity contribution in [1.29, 1.82) is 0 Å². The van der Waals surface area contributed by atoms with E-state index in [9.17, 15) is 4.79 Å². The molecule has 4 heterocycles. The van der Waals surface area contributed by atoms with Gasteiger partial charge in [-0.15, -0.1) is 0 Å². The predicted molar refractivity (Wildman–Crippen MR) is 127 cm³/mol. The van der Waals surface area contributed by atoms with Crippen molar-refractivity contribution >= 4 is 29.8 Å². The van der Waals surface area contributed by atoms with E-state index < -0.39 is 0 Å². The number of nitrogens with two attached hydrogens (primary N) is 1. The number of methoxy groups -OCH3 is 1. The molecule has 2 aromatic heterocycles. The first-order chi connectivity index (χ1) is 15.7. The number of hydrogen-bond donors (Lipinski definition) is 2. The Morgan fingerprint density at radius 2 is 2.18 bits per heavy atom. The van der Waals surface area contributed by atoms with Crippen LogP contribution in [0.2, 0.25) is 0 Å². The molecule has 2 aromatic rings. The normalized spacial score (nSPS) is 24.1. The van der Waals surface area contributed by atoms with Gasteiger partial charge in [-0.1, -0.05) is 13.0 Å². The molecule has 1 saturated heterocycles. The van der Waals surface area contributed by atoms with Crippen molar-refractivity contribution in [3.05, 3.63) is 30.0 Å². The standard InChI is InChI=1S/C23H33N7O3/c1-15(11-32-5)29(14-31)18-7-6-8-19(27-18)30-17-9-22(2,3)33-12-23(17,4)16-10-25-21(26-13-24)28-20(16)30/h6-8,10,14-15,17H,9,11-13,24H2,1-5H3,(H,25,26,28)/t15?,17-,23-/m0/s1. The maximum absolute atomic E-state index is 11.9. The number of hydrogen-bond acceptors (Lipinski definition) is 9. The van der Waals surface area contributed by atoms with Crippen LogP contribution in [0.5, 0.6) is 0 Å². The first-order valence-electron chi connectivity index (χ1n) is 11.2. The quantitative estimate of drug-likeness (QED) is 0.456. The molecule has 33 heavy (non-hydrogen) atoms. The van der Waals surface area contributed by atoms with Crippen LogP contribution in [-0.2, 0) is 19.7 Å². The Bertz CT molecular complexity index is 1020. The number of nitrogens with one attached hydrogen (secondary N) is 1. The fourth-order valence-electron chi connectivity index (χ4n) is 4.77. The number of anilines is 4. The SMILES string of the molecule is COCC(C)N(C=O)c1cccc(N2c3nc(NCN)ncc3[C@]3(C)COC(C)(C)C[C@H]23)n1. The lowest BCUT2D eigenvalue weighted by Crippen LogP contribution is -2.54. The summed E-state index contributed by atoms with van der Waals surface area (Å²) in [5.74, 6) is 2.52. The Morgan fingerprint density at radius 3 is 2.88 bits per heavy atom. The molecule has 3 N–H and O–H groups in total. The van der Waals surface area contributed by atoms with E-state index in [1.54, 1.807) is 12.0 Å². The number of amides is 1. The van der Waals surface area contributed by atoms with Gasteiger partial charge in [0, 0.05) is 24.3 Å². The Hall–Kier alpha value is -2.82. The van der Waals surface area contributed by atoms with Crippen molar-refractivity contribution in [2.75, 3.05) is 42.1 Å². The van der Waals surface area contributed by atoms with Crippen molar-refractivity contribution in [1.82, 2.24) is 15.0 Å². The summed E-state index contributed by atoms with van der Waals surface area (Å²) in [5.41, 5.74) is 6.07. The molecule has 1 fully saturated rings. The highest BCUT2D eigenvalue weighted by atomic mass is 16.5. The molecule has 2 aliphatic rings. The van der Waals surface area contributed by atoms with Crippen molar-refractivity contribution in [2.45, 2.75) is 57.2 Å². The number of nitrogens with zero attached hydrogens (tertiary/aromatic N) is 5.